The van der Waals surface area contributed by atoms with Crippen molar-refractivity contribution >= 4 is 0 Å². The van der Waals surface area contributed by atoms with Crippen molar-refractivity contribution in [2.75, 3.05) is 0 Å². The normalized spacial score (nSPS) is 10.6. The van der Waals surface area contributed by atoms with Gasteiger partial charge in [-0.25, -0.2) is 4.68 Å². The highest BCUT2D eigenvalue weighted by Crippen LogP contribution is 1.94. The molecule has 0 saturated carbocycles. The molecule has 0 unspecified atom stereocenters. The molecule has 0 amide bonds. The zero-order chi connectivity index (χ0) is 9.64. The van der Waals surface area contributed by atoms with Crippen molar-refractivity contribution in [1.82, 2.24) is 40.4 Å². The first-order chi connectivity index (χ1) is 6.95. The molecule has 0 aromatic carbocycles. The van der Waals surface area contributed by atoms with E-state index in [1.807, 2.05) is 0 Å². The number of tetrazole rings is 2. The predicted molar refractivity (Wildman–Crippen MR) is 44.9 cm³/mol. The third kappa shape index (κ3) is 2.31. The number of nitrogens with zero attached hydrogens (tertiary/aromatic N) is 8. The summed E-state index contributed by atoms with van der Waals surface area (Å²) in [6, 6.07) is 0. The summed E-state index contributed by atoms with van der Waals surface area (Å²) in [5.74, 6) is 0. The second-order valence-electron chi connectivity index (χ2n) is 2.81. The minimum absolute atomic E-state index is 0.780. The molecule has 0 atom stereocenters. The van der Waals surface area contributed by atoms with Gasteiger partial charge in [0.25, 0.3) is 0 Å². The monoisotopic (exact) mass is 194 g/mol. The molecule has 0 aliphatic heterocycles. The van der Waals surface area contributed by atoms with Crippen molar-refractivity contribution in [3.63, 3.8) is 0 Å². The fraction of sp³-hybridized carbons (Fsp3) is 0.667. The van der Waals surface area contributed by atoms with Crippen LogP contribution in [0.3, 0.4) is 0 Å². The zero-order valence-corrected chi connectivity index (χ0v) is 7.56. The van der Waals surface area contributed by atoms with Gasteiger partial charge in [0, 0.05) is 6.54 Å². The highest BCUT2D eigenvalue weighted by molar-refractivity contribution is 4.48. The van der Waals surface area contributed by atoms with E-state index in [2.05, 4.69) is 30.9 Å². The van der Waals surface area contributed by atoms with Gasteiger partial charge in [-0.15, -0.1) is 15.3 Å². The van der Waals surface area contributed by atoms with E-state index in [0.29, 0.717) is 0 Å². The van der Waals surface area contributed by atoms with Crippen LogP contribution in [0, 0.1) is 0 Å². The van der Waals surface area contributed by atoms with Crippen molar-refractivity contribution in [1.29, 1.82) is 0 Å². The predicted octanol–water partition coefficient (Wildman–Crippen LogP) is -0.860. The summed E-state index contributed by atoms with van der Waals surface area (Å²) >= 11 is 0. The highest BCUT2D eigenvalue weighted by Gasteiger charge is 1.95. The molecule has 2 heterocycles. The number of aromatic nitrogens is 8. The molecule has 74 valence electrons. The van der Waals surface area contributed by atoms with Crippen LogP contribution in [0.5, 0.6) is 0 Å². The molecule has 0 aliphatic carbocycles. The van der Waals surface area contributed by atoms with Crippen molar-refractivity contribution < 1.29 is 0 Å². The molecule has 0 radical (unpaired) electrons. The van der Waals surface area contributed by atoms with E-state index in [1.165, 1.54) is 6.33 Å². The Bertz CT molecular complexity index is 302. The zero-order valence-electron chi connectivity index (χ0n) is 7.56. The average molecular weight is 194 g/mol. The van der Waals surface area contributed by atoms with Crippen LogP contribution < -0.4 is 0 Å². The summed E-state index contributed by atoms with van der Waals surface area (Å²) in [4.78, 5) is 1.57. The SMILES string of the molecule is c1nnn(CCCCn2cnnn2)n1. The number of rotatable bonds is 5. The van der Waals surface area contributed by atoms with Gasteiger partial charge in [-0.05, 0) is 28.5 Å². The number of aryl methyl sites for hydroxylation is 2. The number of hydrogen-bond donors (Lipinski definition) is 0. The molecular formula is C6H10N8. The molecule has 0 fully saturated rings. The van der Waals surface area contributed by atoms with Gasteiger partial charge in [0.2, 0.25) is 0 Å². The standard InChI is InChI=1S/C6H10N8/c1(3-13-6-8-10-12-13)2-4-14-9-5-7-11-14/h5-6H,1-4H2. The van der Waals surface area contributed by atoms with Crippen LogP contribution in [0.25, 0.3) is 0 Å². The van der Waals surface area contributed by atoms with Gasteiger partial charge in [0.1, 0.15) is 6.33 Å². The van der Waals surface area contributed by atoms with Crippen LogP contribution in [-0.2, 0) is 13.1 Å². The Hall–Kier alpha value is -1.86. The lowest BCUT2D eigenvalue weighted by atomic mass is 10.3. The second-order valence-corrected chi connectivity index (χ2v) is 2.81. The average Bonchev–Trinajstić information content (AvgIpc) is 2.86. The smallest absolute Gasteiger partial charge is 0.162 e. The summed E-state index contributed by atoms with van der Waals surface area (Å²) in [6.07, 6.45) is 5.01. The lowest BCUT2D eigenvalue weighted by molar-refractivity contribution is 0.457. The van der Waals surface area contributed by atoms with E-state index in [0.717, 1.165) is 25.9 Å². The maximum atomic E-state index is 3.90. The van der Waals surface area contributed by atoms with Crippen molar-refractivity contribution in [2.24, 2.45) is 0 Å². The quantitative estimate of drug-likeness (QED) is 0.575. The fourth-order valence-corrected chi connectivity index (χ4v) is 1.10. The summed E-state index contributed by atoms with van der Waals surface area (Å²) < 4.78 is 1.70. The van der Waals surface area contributed by atoms with Gasteiger partial charge in [0.15, 0.2) is 6.33 Å². The van der Waals surface area contributed by atoms with E-state index >= 15 is 0 Å². The van der Waals surface area contributed by atoms with Gasteiger partial charge in [-0.1, -0.05) is 0 Å². The van der Waals surface area contributed by atoms with Crippen LogP contribution in [-0.4, -0.2) is 40.4 Å². The molecule has 2 aromatic heterocycles. The van der Waals surface area contributed by atoms with Gasteiger partial charge in [-0.3, -0.25) is 0 Å². The maximum Gasteiger partial charge on any atom is 0.162 e. The van der Waals surface area contributed by atoms with E-state index in [1.54, 1.807) is 15.8 Å². The van der Waals surface area contributed by atoms with Crippen LogP contribution in [0.15, 0.2) is 12.7 Å². The van der Waals surface area contributed by atoms with Crippen molar-refractivity contribution in [3.05, 3.63) is 12.7 Å². The van der Waals surface area contributed by atoms with Crippen LogP contribution in [0.2, 0.25) is 0 Å². The minimum Gasteiger partial charge on any atom is -0.233 e. The molecule has 14 heavy (non-hydrogen) atoms. The molecule has 0 N–H and O–H groups in total. The van der Waals surface area contributed by atoms with E-state index in [-0.39, 0.29) is 0 Å². The molecule has 8 heteroatoms. The summed E-state index contributed by atoms with van der Waals surface area (Å²) in [5, 5.41) is 22.1. The highest BCUT2D eigenvalue weighted by atomic mass is 15.6. The Morgan fingerprint density at radius 2 is 1.93 bits per heavy atom. The minimum atomic E-state index is 0.780. The van der Waals surface area contributed by atoms with Gasteiger partial charge in [0.05, 0.1) is 6.54 Å². The Balaban J connectivity index is 1.65. The first kappa shape index (κ1) is 8.73. The number of hydrogen-bond acceptors (Lipinski definition) is 6. The lowest BCUT2D eigenvalue weighted by Crippen LogP contribution is -2.05. The van der Waals surface area contributed by atoms with E-state index < -0.39 is 0 Å². The van der Waals surface area contributed by atoms with Crippen LogP contribution in [0.1, 0.15) is 12.8 Å². The third-order valence-electron chi connectivity index (χ3n) is 1.78. The molecule has 0 aliphatic rings. The first-order valence-corrected chi connectivity index (χ1v) is 4.37. The molecule has 0 saturated heterocycles. The van der Waals surface area contributed by atoms with Gasteiger partial charge in [-0.2, -0.15) is 4.80 Å². The summed E-state index contributed by atoms with van der Waals surface area (Å²) in [6.45, 7) is 1.60. The molecule has 2 aromatic rings. The Labute approximate surface area is 79.9 Å². The Morgan fingerprint density at radius 3 is 2.64 bits per heavy atom. The molecule has 0 spiro atoms. The first-order valence-electron chi connectivity index (χ1n) is 4.37. The maximum absolute atomic E-state index is 3.90. The van der Waals surface area contributed by atoms with Gasteiger partial charge < -0.3 is 0 Å². The van der Waals surface area contributed by atoms with Gasteiger partial charge >= 0.3 is 0 Å². The lowest BCUT2D eigenvalue weighted by Gasteiger charge is -1.98. The van der Waals surface area contributed by atoms with Crippen molar-refractivity contribution in [2.45, 2.75) is 25.9 Å². The Morgan fingerprint density at radius 1 is 1.00 bits per heavy atom. The molecule has 2 rings (SSSR count). The topological polar surface area (TPSA) is 87.2 Å². The second kappa shape index (κ2) is 4.40. The molecule has 8 nitrogen and oxygen atoms in total. The van der Waals surface area contributed by atoms with Crippen LogP contribution in [0.4, 0.5) is 0 Å². The number of unbranched alkanes of at least 4 members (excludes halogenated alkanes) is 1. The van der Waals surface area contributed by atoms with Crippen LogP contribution >= 0.6 is 0 Å². The van der Waals surface area contributed by atoms with Crippen molar-refractivity contribution in [3.8, 4) is 0 Å². The van der Waals surface area contributed by atoms with E-state index in [9.17, 15) is 0 Å². The largest absolute Gasteiger partial charge is 0.233 e. The van der Waals surface area contributed by atoms with E-state index in [4.69, 9.17) is 0 Å². The third-order valence-corrected chi connectivity index (χ3v) is 1.78. The Kier molecular flexibility index (Phi) is 2.74. The summed E-state index contributed by atoms with van der Waals surface area (Å²) in [7, 11) is 0. The molecule has 0 bridgehead atoms. The molecular weight excluding hydrogens is 184 g/mol. The fourth-order valence-electron chi connectivity index (χ4n) is 1.10. The summed E-state index contributed by atoms with van der Waals surface area (Å²) in [5.41, 5.74) is 0.